The van der Waals surface area contributed by atoms with Crippen LogP contribution in [0.5, 0.6) is 0 Å². The molecule has 2 N–H and O–H groups in total. The van der Waals surface area contributed by atoms with E-state index in [2.05, 4.69) is 20.6 Å². The minimum atomic E-state index is -0.111. The highest BCUT2D eigenvalue weighted by Gasteiger charge is 2.26. The zero-order chi connectivity index (χ0) is 16.7. The highest BCUT2D eigenvalue weighted by Crippen LogP contribution is 2.23. The van der Waals surface area contributed by atoms with Crippen LogP contribution in [0.1, 0.15) is 52.3 Å². The Bertz CT molecular complexity index is 851. The molecule has 4 rings (SSSR count). The zero-order valence-corrected chi connectivity index (χ0v) is 13.8. The molecule has 2 aliphatic rings. The summed E-state index contributed by atoms with van der Waals surface area (Å²) in [6, 6.07) is 1.66. The lowest BCUT2D eigenvalue weighted by molar-refractivity contribution is 0.0927. The summed E-state index contributed by atoms with van der Waals surface area (Å²) >= 11 is 0. The monoisotopic (exact) mass is 327 g/mol. The van der Waals surface area contributed by atoms with Crippen LogP contribution in [0, 0.1) is 0 Å². The van der Waals surface area contributed by atoms with Crippen LogP contribution in [0.4, 0.5) is 0 Å². The van der Waals surface area contributed by atoms with Crippen LogP contribution in [0.25, 0.3) is 0 Å². The Morgan fingerprint density at radius 3 is 3.04 bits per heavy atom. The maximum absolute atomic E-state index is 12.6. The summed E-state index contributed by atoms with van der Waals surface area (Å²) in [5, 5.41) is 14.6. The van der Waals surface area contributed by atoms with Crippen LogP contribution >= 0.6 is 0 Å². The first-order valence-electron chi connectivity index (χ1n) is 8.55. The number of nitrogens with zero attached hydrogens (tertiary/aromatic N) is 3. The zero-order valence-electron chi connectivity index (χ0n) is 13.8. The first kappa shape index (κ1) is 15.1. The van der Waals surface area contributed by atoms with Crippen LogP contribution < -0.4 is 10.9 Å². The number of hydrogen-bond donors (Lipinski definition) is 2. The van der Waals surface area contributed by atoms with Gasteiger partial charge in [-0.15, -0.1) is 0 Å². The standard InChI is InChI=1S/C17H21N5O2/c1-22-15(23)9-10-8-11(6-7-13(10)21-22)18-17(24)16-12-4-2-3-5-14(12)19-20-16/h9,11H,2-8H2,1H3,(H,18,24)(H,19,20)/t11-/m1/s1. The summed E-state index contributed by atoms with van der Waals surface area (Å²) < 4.78 is 1.37. The SMILES string of the molecule is Cn1nc2c(cc1=O)C[C@H](NC(=O)c1n[nH]c3c1CCCC3)CC2. The Balaban J connectivity index is 1.50. The van der Waals surface area contributed by atoms with Crippen molar-refractivity contribution in [3.63, 3.8) is 0 Å². The van der Waals surface area contributed by atoms with Gasteiger partial charge in [-0.2, -0.15) is 10.2 Å². The number of aryl methyl sites for hydroxylation is 3. The minimum absolute atomic E-state index is 0.0230. The third kappa shape index (κ3) is 2.64. The number of nitrogens with one attached hydrogen (secondary N) is 2. The molecule has 0 aliphatic heterocycles. The van der Waals surface area contributed by atoms with E-state index in [1.54, 1.807) is 13.1 Å². The lowest BCUT2D eigenvalue weighted by atomic mass is 9.91. The average Bonchev–Trinajstić information content (AvgIpc) is 3.00. The van der Waals surface area contributed by atoms with E-state index in [-0.39, 0.29) is 17.5 Å². The fourth-order valence-corrected chi connectivity index (χ4v) is 3.73. The van der Waals surface area contributed by atoms with Gasteiger partial charge in [-0.05, 0) is 50.5 Å². The third-order valence-corrected chi connectivity index (χ3v) is 5.06. The van der Waals surface area contributed by atoms with Gasteiger partial charge in [0.25, 0.3) is 11.5 Å². The fraction of sp³-hybridized carbons (Fsp3) is 0.529. The van der Waals surface area contributed by atoms with Gasteiger partial charge in [-0.25, -0.2) is 4.68 Å². The van der Waals surface area contributed by atoms with Crippen molar-refractivity contribution in [2.24, 2.45) is 7.05 Å². The van der Waals surface area contributed by atoms with Crippen molar-refractivity contribution < 1.29 is 4.79 Å². The molecule has 0 radical (unpaired) electrons. The van der Waals surface area contributed by atoms with Gasteiger partial charge in [-0.1, -0.05) is 0 Å². The molecule has 7 nitrogen and oxygen atoms in total. The average molecular weight is 327 g/mol. The molecule has 7 heteroatoms. The lowest BCUT2D eigenvalue weighted by Gasteiger charge is -2.24. The molecule has 24 heavy (non-hydrogen) atoms. The van der Waals surface area contributed by atoms with Crippen LogP contribution in [0.3, 0.4) is 0 Å². The predicted molar refractivity (Wildman–Crippen MR) is 88.0 cm³/mol. The van der Waals surface area contributed by atoms with Gasteiger partial charge >= 0.3 is 0 Å². The molecule has 0 unspecified atom stereocenters. The molecule has 0 bridgehead atoms. The third-order valence-electron chi connectivity index (χ3n) is 5.06. The van der Waals surface area contributed by atoms with Crippen molar-refractivity contribution in [1.82, 2.24) is 25.3 Å². The summed E-state index contributed by atoms with van der Waals surface area (Å²) in [6.45, 7) is 0. The smallest absolute Gasteiger partial charge is 0.272 e. The summed E-state index contributed by atoms with van der Waals surface area (Å²) in [7, 11) is 1.66. The summed E-state index contributed by atoms with van der Waals surface area (Å²) in [5.41, 5.74) is 4.51. The van der Waals surface area contributed by atoms with Crippen molar-refractivity contribution in [2.75, 3.05) is 0 Å². The summed E-state index contributed by atoms with van der Waals surface area (Å²) in [4.78, 5) is 24.4. The number of H-pyrrole nitrogens is 1. The van der Waals surface area contributed by atoms with Crippen molar-refractivity contribution in [3.8, 4) is 0 Å². The molecule has 126 valence electrons. The van der Waals surface area contributed by atoms with E-state index in [9.17, 15) is 9.59 Å². The van der Waals surface area contributed by atoms with Crippen molar-refractivity contribution in [1.29, 1.82) is 0 Å². The van der Waals surface area contributed by atoms with Crippen LogP contribution in [0.15, 0.2) is 10.9 Å². The Labute approximate surface area is 139 Å². The van der Waals surface area contributed by atoms with E-state index in [1.807, 2.05) is 0 Å². The topological polar surface area (TPSA) is 92.7 Å². The van der Waals surface area contributed by atoms with Gasteiger partial charge in [-0.3, -0.25) is 14.7 Å². The van der Waals surface area contributed by atoms with Crippen molar-refractivity contribution >= 4 is 5.91 Å². The highest BCUT2D eigenvalue weighted by atomic mass is 16.2. The highest BCUT2D eigenvalue weighted by molar-refractivity contribution is 5.94. The van der Waals surface area contributed by atoms with Gasteiger partial charge < -0.3 is 5.32 Å². The molecular formula is C17H21N5O2. The quantitative estimate of drug-likeness (QED) is 0.848. The molecule has 1 amide bonds. The van der Waals surface area contributed by atoms with E-state index in [0.717, 1.165) is 61.0 Å². The van der Waals surface area contributed by atoms with Gasteiger partial charge in [0, 0.05) is 30.4 Å². The molecule has 0 saturated heterocycles. The molecule has 0 saturated carbocycles. The number of hydrogen-bond acceptors (Lipinski definition) is 4. The number of carbonyl (C=O) groups is 1. The molecule has 0 fully saturated rings. The number of carbonyl (C=O) groups excluding carboxylic acids is 1. The largest absolute Gasteiger partial charge is 0.348 e. The first-order valence-corrected chi connectivity index (χ1v) is 8.55. The van der Waals surface area contributed by atoms with Gasteiger partial charge in [0.1, 0.15) is 0 Å². The Morgan fingerprint density at radius 2 is 2.17 bits per heavy atom. The fourth-order valence-electron chi connectivity index (χ4n) is 3.73. The predicted octanol–water partition coefficient (Wildman–Crippen LogP) is 0.669. The number of fused-ring (bicyclic) bond motifs is 2. The maximum atomic E-state index is 12.6. The Hall–Kier alpha value is -2.44. The second-order valence-corrected chi connectivity index (χ2v) is 6.73. The second kappa shape index (κ2) is 5.89. The molecule has 0 aromatic carbocycles. The number of amides is 1. The normalized spacial score (nSPS) is 19.5. The first-order chi connectivity index (χ1) is 11.6. The number of aromatic nitrogens is 4. The molecule has 2 aliphatic carbocycles. The Morgan fingerprint density at radius 1 is 1.33 bits per heavy atom. The lowest BCUT2D eigenvalue weighted by Crippen LogP contribution is -2.40. The molecular weight excluding hydrogens is 306 g/mol. The molecule has 0 spiro atoms. The van der Waals surface area contributed by atoms with Crippen LogP contribution in [-0.4, -0.2) is 31.9 Å². The van der Waals surface area contributed by atoms with E-state index < -0.39 is 0 Å². The second-order valence-electron chi connectivity index (χ2n) is 6.73. The molecule has 1 atom stereocenters. The van der Waals surface area contributed by atoms with E-state index in [1.165, 1.54) is 4.68 Å². The van der Waals surface area contributed by atoms with E-state index in [0.29, 0.717) is 12.1 Å². The molecule has 2 aromatic rings. The van der Waals surface area contributed by atoms with Crippen LogP contribution in [-0.2, 0) is 32.7 Å². The number of aromatic amines is 1. The van der Waals surface area contributed by atoms with Crippen molar-refractivity contribution in [2.45, 2.75) is 51.0 Å². The summed E-state index contributed by atoms with van der Waals surface area (Å²) in [5.74, 6) is -0.111. The van der Waals surface area contributed by atoms with E-state index >= 15 is 0 Å². The Kier molecular flexibility index (Phi) is 3.70. The molecule has 2 heterocycles. The van der Waals surface area contributed by atoms with Gasteiger partial charge in [0.15, 0.2) is 5.69 Å². The van der Waals surface area contributed by atoms with Gasteiger partial charge in [0.2, 0.25) is 0 Å². The van der Waals surface area contributed by atoms with Gasteiger partial charge in [0.05, 0.1) is 5.69 Å². The maximum Gasteiger partial charge on any atom is 0.272 e. The van der Waals surface area contributed by atoms with Crippen molar-refractivity contribution in [3.05, 3.63) is 44.6 Å². The number of rotatable bonds is 2. The summed E-state index contributed by atoms with van der Waals surface area (Å²) in [6.07, 6.45) is 6.40. The molecule has 2 aromatic heterocycles. The minimum Gasteiger partial charge on any atom is -0.348 e. The van der Waals surface area contributed by atoms with E-state index in [4.69, 9.17) is 0 Å². The van der Waals surface area contributed by atoms with Crippen LogP contribution in [0.2, 0.25) is 0 Å².